The molecule has 0 aliphatic rings. The molecule has 1 N–H and O–H groups in total. The molecule has 0 saturated carbocycles. The lowest BCUT2D eigenvalue weighted by Gasteiger charge is -2.07. The fourth-order valence-electron chi connectivity index (χ4n) is 1.55. The van der Waals surface area contributed by atoms with Crippen LogP contribution in [0.2, 0.25) is 0 Å². The highest BCUT2D eigenvalue weighted by molar-refractivity contribution is 5.37. The third-order valence-corrected chi connectivity index (χ3v) is 2.35. The van der Waals surface area contributed by atoms with E-state index in [9.17, 15) is 8.78 Å². The maximum absolute atomic E-state index is 13.3. The van der Waals surface area contributed by atoms with Crippen LogP contribution in [0.5, 0.6) is 0 Å². The Bertz CT molecular complexity index is 527. The Labute approximate surface area is 98.3 Å². The summed E-state index contributed by atoms with van der Waals surface area (Å²) in [7, 11) is 0. The topological polar surface area (TPSA) is 24.9 Å². The van der Waals surface area contributed by atoms with Crippen LogP contribution in [0, 0.1) is 18.6 Å². The van der Waals surface area contributed by atoms with E-state index in [1.165, 1.54) is 0 Å². The van der Waals surface area contributed by atoms with Crippen LogP contribution in [0.25, 0.3) is 0 Å². The summed E-state index contributed by atoms with van der Waals surface area (Å²) in [5, 5.41) is 2.83. The summed E-state index contributed by atoms with van der Waals surface area (Å²) < 4.78 is 25.9. The van der Waals surface area contributed by atoms with Crippen molar-refractivity contribution >= 4 is 5.82 Å². The third-order valence-electron chi connectivity index (χ3n) is 2.35. The first-order chi connectivity index (χ1) is 8.15. The average Bonchev–Trinajstić information content (AvgIpc) is 2.28. The Morgan fingerprint density at radius 2 is 2.06 bits per heavy atom. The van der Waals surface area contributed by atoms with E-state index in [0.717, 1.165) is 23.4 Å². The number of benzene rings is 1. The van der Waals surface area contributed by atoms with Crippen molar-refractivity contribution in [2.75, 3.05) is 5.32 Å². The Hall–Kier alpha value is -1.97. The van der Waals surface area contributed by atoms with Crippen LogP contribution in [-0.4, -0.2) is 4.98 Å². The first-order valence-electron chi connectivity index (χ1n) is 5.25. The highest BCUT2D eigenvalue weighted by Crippen LogP contribution is 2.13. The lowest BCUT2D eigenvalue weighted by atomic mass is 10.1. The summed E-state index contributed by atoms with van der Waals surface area (Å²) in [4.78, 5) is 3.65. The van der Waals surface area contributed by atoms with E-state index in [2.05, 4.69) is 10.3 Å². The van der Waals surface area contributed by atoms with Gasteiger partial charge in [-0.2, -0.15) is 0 Å². The second kappa shape index (κ2) is 4.91. The van der Waals surface area contributed by atoms with Crippen molar-refractivity contribution in [3.05, 3.63) is 59.3 Å². The van der Waals surface area contributed by atoms with Crippen molar-refractivity contribution in [3.63, 3.8) is 0 Å². The Kier molecular flexibility index (Phi) is 3.32. The molecule has 0 amide bonds. The number of hydrogen-bond donors (Lipinski definition) is 1. The van der Waals surface area contributed by atoms with E-state index in [0.29, 0.717) is 6.54 Å². The van der Waals surface area contributed by atoms with Gasteiger partial charge < -0.3 is 5.32 Å². The molecule has 4 heteroatoms. The lowest BCUT2D eigenvalue weighted by Crippen LogP contribution is -2.04. The molecule has 0 unspecified atom stereocenters. The molecule has 2 aromatic rings. The predicted octanol–water partition coefficient (Wildman–Crippen LogP) is 3.28. The molecule has 0 bridgehead atoms. The minimum absolute atomic E-state index is 0.0629. The number of aryl methyl sites for hydroxylation is 1. The standard InChI is InChI=1S/C13H12F2N2/c1-9-3-2-4-10(5-9)7-16-13-12(15)6-11(14)8-17-13/h2-6,8H,7H2,1H3,(H,16,17). The first kappa shape index (κ1) is 11.5. The molecular formula is C13H12F2N2. The summed E-state index contributed by atoms with van der Waals surface area (Å²) in [5.74, 6) is -1.30. The number of rotatable bonds is 3. The number of nitrogens with zero attached hydrogens (tertiary/aromatic N) is 1. The predicted molar refractivity (Wildman–Crippen MR) is 62.7 cm³/mol. The van der Waals surface area contributed by atoms with Gasteiger partial charge in [-0.05, 0) is 12.5 Å². The molecule has 1 heterocycles. The number of anilines is 1. The molecular weight excluding hydrogens is 222 g/mol. The first-order valence-corrected chi connectivity index (χ1v) is 5.25. The summed E-state index contributed by atoms with van der Waals surface area (Å²) in [6.45, 7) is 2.44. The largest absolute Gasteiger partial charge is 0.364 e. The van der Waals surface area contributed by atoms with Crippen molar-refractivity contribution in [2.45, 2.75) is 13.5 Å². The third kappa shape index (κ3) is 3.00. The molecule has 0 aliphatic heterocycles. The highest BCUT2D eigenvalue weighted by Gasteiger charge is 2.04. The molecule has 0 atom stereocenters. The molecule has 2 rings (SSSR count). The van der Waals surface area contributed by atoms with Crippen molar-refractivity contribution in [1.29, 1.82) is 0 Å². The molecule has 17 heavy (non-hydrogen) atoms. The summed E-state index contributed by atoms with van der Waals surface area (Å²) in [6.07, 6.45) is 0.988. The second-order valence-electron chi connectivity index (χ2n) is 3.83. The van der Waals surface area contributed by atoms with E-state index >= 15 is 0 Å². The van der Waals surface area contributed by atoms with E-state index < -0.39 is 11.6 Å². The number of nitrogens with one attached hydrogen (secondary N) is 1. The van der Waals surface area contributed by atoms with Gasteiger partial charge in [-0.1, -0.05) is 29.8 Å². The van der Waals surface area contributed by atoms with Crippen molar-refractivity contribution in [3.8, 4) is 0 Å². The van der Waals surface area contributed by atoms with Gasteiger partial charge in [0.25, 0.3) is 0 Å². The number of aromatic nitrogens is 1. The molecule has 2 nitrogen and oxygen atoms in total. The molecule has 0 saturated heterocycles. The maximum Gasteiger partial charge on any atom is 0.168 e. The monoisotopic (exact) mass is 234 g/mol. The van der Waals surface area contributed by atoms with E-state index in [1.54, 1.807) is 0 Å². The van der Waals surface area contributed by atoms with Crippen LogP contribution in [-0.2, 0) is 6.54 Å². The van der Waals surface area contributed by atoms with Crippen LogP contribution >= 0.6 is 0 Å². The van der Waals surface area contributed by atoms with Gasteiger partial charge in [0.05, 0.1) is 6.20 Å². The van der Waals surface area contributed by atoms with E-state index in [1.807, 2.05) is 31.2 Å². The van der Waals surface area contributed by atoms with Crippen LogP contribution in [0.1, 0.15) is 11.1 Å². The molecule has 0 radical (unpaired) electrons. The van der Waals surface area contributed by atoms with Gasteiger partial charge in [0, 0.05) is 12.6 Å². The Morgan fingerprint density at radius 3 is 2.76 bits per heavy atom. The summed E-state index contributed by atoms with van der Waals surface area (Å²) >= 11 is 0. The average molecular weight is 234 g/mol. The fourth-order valence-corrected chi connectivity index (χ4v) is 1.55. The van der Waals surface area contributed by atoms with Crippen molar-refractivity contribution in [1.82, 2.24) is 4.98 Å². The van der Waals surface area contributed by atoms with Gasteiger partial charge in [-0.3, -0.25) is 0 Å². The van der Waals surface area contributed by atoms with Crippen molar-refractivity contribution < 1.29 is 8.78 Å². The molecule has 1 aromatic heterocycles. The molecule has 0 aliphatic carbocycles. The Morgan fingerprint density at radius 1 is 1.24 bits per heavy atom. The SMILES string of the molecule is Cc1cccc(CNc2ncc(F)cc2F)c1. The zero-order valence-corrected chi connectivity index (χ0v) is 9.37. The minimum Gasteiger partial charge on any atom is -0.364 e. The van der Waals surface area contributed by atoms with Gasteiger partial charge in [0.15, 0.2) is 11.6 Å². The van der Waals surface area contributed by atoms with Crippen LogP contribution in [0.15, 0.2) is 36.5 Å². The van der Waals surface area contributed by atoms with Gasteiger partial charge in [0.2, 0.25) is 0 Å². The van der Waals surface area contributed by atoms with Gasteiger partial charge in [-0.25, -0.2) is 13.8 Å². The summed E-state index contributed by atoms with van der Waals surface area (Å²) in [6, 6.07) is 8.66. The Balaban J connectivity index is 2.07. The van der Waals surface area contributed by atoms with Gasteiger partial charge >= 0.3 is 0 Å². The highest BCUT2D eigenvalue weighted by atomic mass is 19.1. The molecule has 0 fully saturated rings. The molecule has 0 spiro atoms. The van der Waals surface area contributed by atoms with E-state index in [4.69, 9.17) is 0 Å². The fraction of sp³-hybridized carbons (Fsp3) is 0.154. The van der Waals surface area contributed by atoms with E-state index in [-0.39, 0.29) is 5.82 Å². The minimum atomic E-state index is -0.683. The molecule has 1 aromatic carbocycles. The van der Waals surface area contributed by atoms with Crippen molar-refractivity contribution in [2.24, 2.45) is 0 Å². The van der Waals surface area contributed by atoms with Gasteiger partial charge in [0.1, 0.15) is 5.82 Å². The lowest BCUT2D eigenvalue weighted by molar-refractivity contribution is 0.575. The molecule has 88 valence electrons. The smallest absolute Gasteiger partial charge is 0.168 e. The maximum atomic E-state index is 13.3. The normalized spacial score (nSPS) is 10.3. The number of hydrogen-bond acceptors (Lipinski definition) is 2. The van der Waals surface area contributed by atoms with Gasteiger partial charge in [-0.15, -0.1) is 0 Å². The van der Waals surface area contributed by atoms with Crippen LogP contribution in [0.4, 0.5) is 14.6 Å². The number of pyridine rings is 1. The zero-order valence-electron chi connectivity index (χ0n) is 9.37. The number of halogens is 2. The zero-order chi connectivity index (χ0) is 12.3. The van der Waals surface area contributed by atoms with Crippen LogP contribution < -0.4 is 5.32 Å². The quantitative estimate of drug-likeness (QED) is 0.881. The second-order valence-corrected chi connectivity index (χ2v) is 3.83. The summed E-state index contributed by atoms with van der Waals surface area (Å²) in [5.41, 5.74) is 2.16. The van der Waals surface area contributed by atoms with Crippen LogP contribution in [0.3, 0.4) is 0 Å².